The molecule has 2 atom stereocenters. The van der Waals surface area contributed by atoms with Gasteiger partial charge in [0.1, 0.15) is 5.78 Å². The summed E-state index contributed by atoms with van der Waals surface area (Å²) in [6, 6.07) is 0. The molecule has 0 unspecified atom stereocenters. The van der Waals surface area contributed by atoms with Gasteiger partial charge in [-0.2, -0.15) is 0 Å². The number of Topliss-reactive ketones (excluding diaryl/α,β-unsaturated/α-hetero) is 1. The highest BCUT2D eigenvalue weighted by atomic mass is 16.1. The van der Waals surface area contributed by atoms with Crippen LogP contribution in [0.3, 0.4) is 0 Å². The molecule has 1 fully saturated rings. The minimum Gasteiger partial charge on any atom is -0.299 e. The van der Waals surface area contributed by atoms with Crippen molar-refractivity contribution in [3.63, 3.8) is 0 Å². The third-order valence-electron chi connectivity index (χ3n) is 3.56. The Labute approximate surface area is 87.6 Å². The Morgan fingerprint density at radius 3 is 2.43 bits per heavy atom. The summed E-state index contributed by atoms with van der Waals surface area (Å²) >= 11 is 0. The molecule has 1 aliphatic rings. The molecule has 0 heterocycles. The summed E-state index contributed by atoms with van der Waals surface area (Å²) in [5.41, 5.74) is 1.17. The summed E-state index contributed by atoms with van der Waals surface area (Å²) in [6.07, 6.45) is 3.20. The molecule has 0 aliphatic heterocycles. The van der Waals surface area contributed by atoms with Gasteiger partial charge in [-0.05, 0) is 32.1 Å². The second kappa shape index (κ2) is 3.88. The summed E-state index contributed by atoms with van der Waals surface area (Å²) in [5, 5.41) is 0. The molecule has 0 aromatic heterocycles. The van der Waals surface area contributed by atoms with E-state index in [1.807, 2.05) is 13.8 Å². The first-order valence-corrected chi connectivity index (χ1v) is 5.56. The summed E-state index contributed by atoms with van der Waals surface area (Å²) < 4.78 is 0. The van der Waals surface area contributed by atoms with Gasteiger partial charge in [0.05, 0.1) is 0 Å². The van der Waals surface area contributed by atoms with Crippen LogP contribution >= 0.6 is 0 Å². The van der Waals surface area contributed by atoms with Crippen LogP contribution in [0.2, 0.25) is 0 Å². The number of hydrogen-bond acceptors (Lipinski definition) is 1. The molecule has 1 aliphatic carbocycles. The van der Waals surface area contributed by atoms with E-state index in [0.29, 0.717) is 11.7 Å². The summed E-state index contributed by atoms with van der Waals surface area (Å²) in [5.74, 6) is 1.17. The molecule has 0 aromatic rings. The van der Waals surface area contributed by atoms with Crippen LogP contribution in [0.4, 0.5) is 0 Å². The molecule has 1 rings (SSSR count). The van der Waals surface area contributed by atoms with Crippen molar-refractivity contribution in [1.82, 2.24) is 0 Å². The maximum Gasteiger partial charge on any atom is 0.141 e. The molecule has 0 bridgehead atoms. The minimum absolute atomic E-state index is 0.0716. The van der Waals surface area contributed by atoms with Crippen molar-refractivity contribution < 1.29 is 4.79 Å². The van der Waals surface area contributed by atoms with Crippen LogP contribution in [0.1, 0.15) is 47.0 Å². The minimum atomic E-state index is -0.0716. The van der Waals surface area contributed by atoms with Crippen LogP contribution in [0.5, 0.6) is 0 Å². The lowest BCUT2D eigenvalue weighted by Crippen LogP contribution is -2.29. The zero-order chi connectivity index (χ0) is 10.9. The van der Waals surface area contributed by atoms with Crippen molar-refractivity contribution in [2.75, 3.05) is 0 Å². The third-order valence-corrected chi connectivity index (χ3v) is 3.56. The lowest BCUT2D eigenvalue weighted by molar-refractivity contribution is -0.130. The van der Waals surface area contributed by atoms with Gasteiger partial charge in [0.15, 0.2) is 0 Å². The number of ketones is 1. The number of carbonyl (C=O) groups excluding carboxylic acids is 1. The van der Waals surface area contributed by atoms with Crippen molar-refractivity contribution >= 4 is 5.78 Å². The predicted molar refractivity (Wildman–Crippen MR) is 60.1 cm³/mol. The third kappa shape index (κ3) is 2.08. The van der Waals surface area contributed by atoms with Gasteiger partial charge >= 0.3 is 0 Å². The zero-order valence-corrected chi connectivity index (χ0v) is 9.89. The van der Waals surface area contributed by atoms with Gasteiger partial charge in [0.25, 0.3) is 0 Å². The average molecular weight is 194 g/mol. The molecule has 0 saturated heterocycles. The first kappa shape index (κ1) is 11.5. The second-order valence-corrected chi connectivity index (χ2v) is 5.37. The molecular weight excluding hydrogens is 172 g/mol. The van der Waals surface area contributed by atoms with Crippen LogP contribution in [0.15, 0.2) is 12.2 Å². The van der Waals surface area contributed by atoms with Crippen molar-refractivity contribution in [3.05, 3.63) is 12.2 Å². The second-order valence-electron chi connectivity index (χ2n) is 5.37. The van der Waals surface area contributed by atoms with Crippen LogP contribution in [0, 0.1) is 17.3 Å². The Balaban J connectivity index is 2.71. The van der Waals surface area contributed by atoms with Gasteiger partial charge < -0.3 is 0 Å². The van der Waals surface area contributed by atoms with E-state index < -0.39 is 0 Å². The highest BCUT2D eigenvalue weighted by molar-refractivity contribution is 5.86. The molecule has 1 saturated carbocycles. The molecule has 0 radical (unpaired) electrons. The first-order valence-electron chi connectivity index (χ1n) is 5.56. The smallest absolute Gasteiger partial charge is 0.141 e. The Bertz CT molecular complexity index is 252. The maximum atomic E-state index is 12.0. The average Bonchev–Trinajstić information content (AvgIpc) is 2.48. The molecular formula is C13H22O. The summed E-state index contributed by atoms with van der Waals surface area (Å²) in [7, 11) is 0. The fourth-order valence-electron chi connectivity index (χ4n) is 2.58. The quantitative estimate of drug-likeness (QED) is 0.627. The van der Waals surface area contributed by atoms with Gasteiger partial charge in [-0.1, -0.05) is 32.9 Å². The van der Waals surface area contributed by atoms with E-state index in [1.165, 1.54) is 5.57 Å². The molecule has 0 N–H and O–H groups in total. The fraction of sp³-hybridized carbons (Fsp3) is 0.769. The van der Waals surface area contributed by atoms with E-state index in [-0.39, 0.29) is 11.3 Å². The molecule has 14 heavy (non-hydrogen) atoms. The van der Waals surface area contributed by atoms with Crippen molar-refractivity contribution in [2.24, 2.45) is 17.3 Å². The molecule has 1 nitrogen and oxygen atoms in total. The molecule has 0 amide bonds. The van der Waals surface area contributed by atoms with Gasteiger partial charge in [-0.25, -0.2) is 0 Å². The predicted octanol–water partition coefficient (Wildman–Crippen LogP) is 3.59. The lowest BCUT2D eigenvalue weighted by Gasteiger charge is -2.24. The van der Waals surface area contributed by atoms with Crippen LogP contribution in [0.25, 0.3) is 0 Å². The van der Waals surface area contributed by atoms with Gasteiger partial charge in [0.2, 0.25) is 0 Å². The van der Waals surface area contributed by atoms with E-state index in [9.17, 15) is 4.79 Å². The van der Waals surface area contributed by atoms with E-state index in [4.69, 9.17) is 0 Å². The lowest BCUT2D eigenvalue weighted by atomic mass is 9.78. The van der Waals surface area contributed by atoms with Gasteiger partial charge in [0, 0.05) is 11.3 Å². The van der Waals surface area contributed by atoms with E-state index >= 15 is 0 Å². The summed E-state index contributed by atoms with van der Waals surface area (Å²) in [4.78, 5) is 12.0. The number of carbonyl (C=O) groups is 1. The van der Waals surface area contributed by atoms with Gasteiger partial charge in [-0.15, -0.1) is 0 Å². The monoisotopic (exact) mass is 194 g/mol. The van der Waals surface area contributed by atoms with Crippen LogP contribution in [-0.2, 0) is 4.79 Å². The Kier molecular flexibility index (Phi) is 3.18. The highest BCUT2D eigenvalue weighted by Gasteiger charge is 2.41. The van der Waals surface area contributed by atoms with Crippen molar-refractivity contribution in [2.45, 2.75) is 47.0 Å². The standard InChI is InChI=1S/C13H22O/c1-9(2)11-6-7-13(5,8-11)12(14)10(3)4/h10-11H,1,6-8H2,2-5H3/t11-,13+/m0/s1. The number of hydrogen-bond donors (Lipinski definition) is 0. The first-order chi connectivity index (χ1) is 6.37. The SMILES string of the molecule is C=C(C)[C@H]1CC[C@@](C)(C(=O)C(C)C)C1. The Morgan fingerprint density at radius 1 is 1.50 bits per heavy atom. The number of rotatable bonds is 3. The number of allylic oxidation sites excluding steroid dienone is 1. The Morgan fingerprint density at radius 2 is 2.07 bits per heavy atom. The van der Waals surface area contributed by atoms with Crippen LogP contribution in [-0.4, -0.2) is 5.78 Å². The Hall–Kier alpha value is -0.590. The van der Waals surface area contributed by atoms with E-state index in [0.717, 1.165) is 19.3 Å². The maximum absolute atomic E-state index is 12.0. The molecule has 80 valence electrons. The van der Waals surface area contributed by atoms with Crippen LogP contribution < -0.4 is 0 Å². The van der Waals surface area contributed by atoms with E-state index in [2.05, 4.69) is 20.4 Å². The summed E-state index contributed by atoms with van der Waals surface area (Å²) in [6.45, 7) is 12.2. The highest BCUT2D eigenvalue weighted by Crippen LogP contribution is 2.45. The molecule has 0 aromatic carbocycles. The topological polar surface area (TPSA) is 17.1 Å². The normalized spacial score (nSPS) is 32.2. The fourth-order valence-corrected chi connectivity index (χ4v) is 2.58. The van der Waals surface area contributed by atoms with E-state index in [1.54, 1.807) is 0 Å². The molecule has 1 heteroatoms. The largest absolute Gasteiger partial charge is 0.299 e. The van der Waals surface area contributed by atoms with Gasteiger partial charge in [-0.3, -0.25) is 4.79 Å². The van der Waals surface area contributed by atoms with Crippen molar-refractivity contribution in [1.29, 1.82) is 0 Å². The molecule has 0 spiro atoms. The zero-order valence-electron chi connectivity index (χ0n) is 9.89. The van der Waals surface area contributed by atoms with Crippen molar-refractivity contribution in [3.8, 4) is 0 Å².